The van der Waals surface area contributed by atoms with Crippen molar-refractivity contribution in [1.82, 2.24) is 0 Å². The van der Waals surface area contributed by atoms with Gasteiger partial charge in [0.2, 0.25) is 0 Å². The molecular formula is C9H9F3N2. The molecule has 1 fully saturated rings. The van der Waals surface area contributed by atoms with E-state index in [2.05, 4.69) is 0 Å². The zero-order chi connectivity index (χ0) is 10.9. The molecule has 0 radical (unpaired) electrons. The Labute approximate surface area is 79.9 Å². The summed E-state index contributed by atoms with van der Waals surface area (Å²) in [6.45, 7) is 1.28. The lowest BCUT2D eigenvalue weighted by molar-refractivity contribution is -0.0230. The van der Waals surface area contributed by atoms with Crippen LogP contribution in [0.5, 0.6) is 0 Å². The molecule has 0 saturated heterocycles. The second-order valence-electron chi connectivity index (χ2n) is 3.50. The molecule has 76 valence electrons. The zero-order valence-corrected chi connectivity index (χ0v) is 7.49. The minimum Gasteiger partial charge on any atom is -0.244 e. The van der Waals surface area contributed by atoms with E-state index in [9.17, 15) is 13.2 Å². The Kier molecular flexibility index (Phi) is 3.00. The summed E-state index contributed by atoms with van der Waals surface area (Å²) in [6.07, 6.45) is -5.96. The normalized spacial score (nSPS) is 47.9. The van der Waals surface area contributed by atoms with Crippen LogP contribution in [0.15, 0.2) is 0 Å². The summed E-state index contributed by atoms with van der Waals surface area (Å²) in [5.74, 6) is -3.90. The Balaban J connectivity index is 2.97. The molecule has 5 heteroatoms. The molecule has 0 aromatic heterocycles. The molecule has 0 aromatic carbocycles. The van der Waals surface area contributed by atoms with Gasteiger partial charge in [-0.2, -0.15) is 10.5 Å². The van der Waals surface area contributed by atoms with Crippen LogP contribution in [0.3, 0.4) is 0 Å². The highest BCUT2D eigenvalue weighted by atomic mass is 19.2. The summed E-state index contributed by atoms with van der Waals surface area (Å²) in [4.78, 5) is 0. The maximum absolute atomic E-state index is 13.3. The number of nitrogens with zero attached hydrogens (tertiary/aromatic N) is 2. The summed E-state index contributed by atoms with van der Waals surface area (Å²) < 4.78 is 39.6. The predicted molar refractivity (Wildman–Crippen MR) is 42.1 cm³/mol. The largest absolute Gasteiger partial charge is 0.244 e. The Morgan fingerprint density at radius 2 is 1.36 bits per heavy atom. The minimum absolute atomic E-state index is 1.01. The van der Waals surface area contributed by atoms with Crippen molar-refractivity contribution in [3.8, 4) is 12.1 Å². The van der Waals surface area contributed by atoms with E-state index in [4.69, 9.17) is 10.5 Å². The minimum atomic E-state index is -2.13. The lowest BCUT2D eigenvalue weighted by Crippen LogP contribution is -2.48. The molecular weight excluding hydrogens is 193 g/mol. The van der Waals surface area contributed by atoms with Gasteiger partial charge in [-0.25, -0.2) is 13.2 Å². The van der Waals surface area contributed by atoms with E-state index in [1.807, 2.05) is 0 Å². The molecule has 6 atom stereocenters. The van der Waals surface area contributed by atoms with Crippen molar-refractivity contribution in [2.75, 3.05) is 0 Å². The van der Waals surface area contributed by atoms with Gasteiger partial charge >= 0.3 is 0 Å². The van der Waals surface area contributed by atoms with Gasteiger partial charge in [0.25, 0.3) is 0 Å². The van der Waals surface area contributed by atoms with Crippen LogP contribution in [-0.2, 0) is 0 Å². The standard InChI is InChI=1S/C9H9F3N2/c1-4-5(2-13)8(11)6(3-14)9(12)7(4)10/h4-9H,1H3. The SMILES string of the molecule is CC1C(F)C(F)C(C#N)C(F)C1C#N. The third-order valence-corrected chi connectivity index (χ3v) is 2.70. The molecule has 0 heterocycles. The average Bonchev–Trinajstić information content (AvgIpc) is 2.16. The first-order chi connectivity index (χ1) is 6.54. The average molecular weight is 202 g/mol. The van der Waals surface area contributed by atoms with Gasteiger partial charge in [-0.1, -0.05) is 6.92 Å². The van der Waals surface area contributed by atoms with Crippen LogP contribution >= 0.6 is 0 Å². The fraction of sp³-hybridized carbons (Fsp3) is 0.778. The van der Waals surface area contributed by atoms with Gasteiger partial charge in [0.1, 0.15) is 18.3 Å². The summed E-state index contributed by atoms with van der Waals surface area (Å²) >= 11 is 0. The van der Waals surface area contributed by atoms with Crippen LogP contribution in [0.4, 0.5) is 13.2 Å². The van der Waals surface area contributed by atoms with E-state index in [1.54, 1.807) is 6.07 Å². The Morgan fingerprint density at radius 1 is 0.857 bits per heavy atom. The molecule has 1 aliphatic rings. The fourth-order valence-corrected chi connectivity index (χ4v) is 1.71. The van der Waals surface area contributed by atoms with Gasteiger partial charge in [-0.15, -0.1) is 0 Å². The molecule has 0 aromatic rings. The van der Waals surface area contributed by atoms with E-state index >= 15 is 0 Å². The summed E-state index contributed by atoms with van der Waals surface area (Å²) in [6, 6.07) is 2.96. The second-order valence-corrected chi connectivity index (χ2v) is 3.50. The maximum atomic E-state index is 13.3. The molecule has 1 aliphatic carbocycles. The number of rotatable bonds is 0. The topological polar surface area (TPSA) is 47.6 Å². The van der Waals surface area contributed by atoms with Crippen molar-refractivity contribution in [3.63, 3.8) is 0 Å². The van der Waals surface area contributed by atoms with Crippen molar-refractivity contribution in [1.29, 1.82) is 10.5 Å². The van der Waals surface area contributed by atoms with Crippen molar-refractivity contribution >= 4 is 0 Å². The van der Waals surface area contributed by atoms with E-state index in [0.717, 1.165) is 0 Å². The first-order valence-corrected chi connectivity index (χ1v) is 4.26. The summed E-state index contributed by atoms with van der Waals surface area (Å²) in [5, 5.41) is 17.0. The zero-order valence-electron chi connectivity index (χ0n) is 7.49. The fourth-order valence-electron chi connectivity index (χ4n) is 1.71. The van der Waals surface area contributed by atoms with Crippen molar-refractivity contribution in [3.05, 3.63) is 0 Å². The van der Waals surface area contributed by atoms with Gasteiger partial charge in [-0.3, -0.25) is 0 Å². The van der Waals surface area contributed by atoms with Gasteiger partial charge in [-0.05, 0) is 0 Å². The van der Waals surface area contributed by atoms with E-state index in [1.165, 1.54) is 13.0 Å². The summed E-state index contributed by atoms with van der Waals surface area (Å²) in [5.41, 5.74) is 0. The van der Waals surface area contributed by atoms with E-state index in [-0.39, 0.29) is 0 Å². The third-order valence-electron chi connectivity index (χ3n) is 2.70. The smallest absolute Gasteiger partial charge is 0.150 e. The van der Waals surface area contributed by atoms with Crippen LogP contribution < -0.4 is 0 Å². The monoisotopic (exact) mass is 202 g/mol. The lowest BCUT2D eigenvalue weighted by atomic mass is 9.72. The van der Waals surface area contributed by atoms with Crippen LogP contribution in [0, 0.1) is 40.4 Å². The second kappa shape index (κ2) is 3.88. The first-order valence-electron chi connectivity index (χ1n) is 4.26. The van der Waals surface area contributed by atoms with E-state index < -0.39 is 36.3 Å². The van der Waals surface area contributed by atoms with Gasteiger partial charge < -0.3 is 0 Å². The highest BCUT2D eigenvalue weighted by Gasteiger charge is 2.51. The molecule has 2 nitrogen and oxygen atoms in total. The number of hydrogen-bond donors (Lipinski definition) is 0. The molecule has 0 bridgehead atoms. The third kappa shape index (κ3) is 1.43. The van der Waals surface area contributed by atoms with Crippen molar-refractivity contribution < 1.29 is 13.2 Å². The predicted octanol–water partition coefficient (Wildman–Crippen LogP) is 1.93. The molecule has 0 aliphatic heterocycles. The number of nitriles is 2. The van der Waals surface area contributed by atoms with Crippen molar-refractivity contribution in [2.45, 2.75) is 25.4 Å². The Bertz CT molecular complexity index is 265. The molecule has 1 saturated carbocycles. The summed E-state index contributed by atoms with van der Waals surface area (Å²) in [7, 11) is 0. The van der Waals surface area contributed by atoms with Crippen LogP contribution in [0.1, 0.15) is 6.92 Å². The highest BCUT2D eigenvalue weighted by molar-refractivity contribution is 5.10. The van der Waals surface area contributed by atoms with E-state index in [0.29, 0.717) is 0 Å². The molecule has 0 amide bonds. The molecule has 1 rings (SSSR count). The maximum Gasteiger partial charge on any atom is 0.150 e. The number of alkyl halides is 3. The Morgan fingerprint density at radius 3 is 1.79 bits per heavy atom. The van der Waals surface area contributed by atoms with Gasteiger partial charge in [0.05, 0.1) is 18.1 Å². The van der Waals surface area contributed by atoms with Crippen LogP contribution in [0.25, 0.3) is 0 Å². The highest BCUT2D eigenvalue weighted by Crippen LogP contribution is 2.39. The Hall–Kier alpha value is -1.23. The quantitative estimate of drug-likeness (QED) is 0.602. The van der Waals surface area contributed by atoms with Crippen LogP contribution in [-0.4, -0.2) is 18.5 Å². The van der Waals surface area contributed by atoms with Crippen LogP contribution in [0.2, 0.25) is 0 Å². The first kappa shape index (κ1) is 10.8. The molecule has 6 unspecified atom stereocenters. The molecule has 0 spiro atoms. The molecule has 14 heavy (non-hydrogen) atoms. The number of hydrogen-bond acceptors (Lipinski definition) is 2. The lowest BCUT2D eigenvalue weighted by Gasteiger charge is -2.35. The molecule has 0 N–H and O–H groups in total. The number of halogens is 3. The van der Waals surface area contributed by atoms with Gasteiger partial charge in [0.15, 0.2) is 6.17 Å². The van der Waals surface area contributed by atoms with Gasteiger partial charge in [0, 0.05) is 5.92 Å². The van der Waals surface area contributed by atoms with Crippen molar-refractivity contribution in [2.24, 2.45) is 17.8 Å².